The second-order valence-corrected chi connectivity index (χ2v) is 10.5. The topological polar surface area (TPSA) is 105 Å². The maximum absolute atomic E-state index is 12.1. The fourth-order valence-electron chi connectivity index (χ4n) is 3.48. The Labute approximate surface area is 205 Å². The minimum Gasteiger partial charge on any atom is -0.492 e. The normalized spacial score (nSPS) is 11.7. The lowest BCUT2D eigenvalue weighted by Gasteiger charge is -2.19. The zero-order valence-corrected chi connectivity index (χ0v) is 21.0. The van der Waals surface area contributed by atoms with Gasteiger partial charge >= 0.3 is 0 Å². The van der Waals surface area contributed by atoms with Gasteiger partial charge in [0.05, 0.1) is 12.8 Å². The van der Waals surface area contributed by atoms with Crippen LogP contribution in [0, 0.1) is 0 Å². The first kappa shape index (κ1) is 24.4. The number of hydrogen-bond acceptors (Lipinski definition) is 8. The molecule has 10 nitrogen and oxygen atoms in total. The second kappa shape index (κ2) is 10.3. The van der Waals surface area contributed by atoms with Crippen LogP contribution >= 0.6 is 0 Å². The smallest absolute Gasteiger partial charge is 0.233 e. The van der Waals surface area contributed by atoms with Crippen LogP contribution in [0.3, 0.4) is 0 Å². The molecule has 0 fully saturated rings. The van der Waals surface area contributed by atoms with Crippen molar-refractivity contribution in [1.29, 1.82) is 0 Å². The van der Waals surface area contributed by atoms with Crippen molar-refractivity contribution >= 4 is 38.5 Å². The average molecular weight is 496 g/mol. The summed E-state index contributed by atoms with van der Waals surface area (Å²) in [5, 5.41) is 4.11. The monoisotopic (exact) mass is 495 g/mol. The molecule has 4 aromatic rings. The van der Waals surface area contributed by atoms with Crippen molar-refractivity contribution < 1.29 is 13.2 Å². The van der Waals surface area contributed by atoms with Gasteiger partial charge in [-0.15, -0.1) is 0 Å². The number of hydrogen-bond donors (Lipinski definition) is 1. The minimum atomic E-state index is -3.44. The van der Waals surface area contributed by atoms with E-state index >= 15 is 0 Å². The standard InChI is InChI=1S/C24H29N7O3S/c1-29(2)13-14-34-21-9-5-8-20(15-21)27-24-26-16-18-10-12-31(23(18)28-24)17-19-7-6-11-25-22(19)30(3)35(4,32)33/h5-12,15-16H,13-14,17H2,1-4H3,(H,26,27,28). The Bertz CT molecular complexity index is 1420. The molecule has 0 unspecified atom stereocenters. The summed E-state index contributed by atoms with van der Waals surface area (Å²) in [7, 11) is 2.06. The van der Waals surface area contributed by atoms with Crippen LogP contribution in [0.1, 0.15) is 5.56 Å². The lowest BCUT2D eigenvalue weighted by atomic mass is 10.2. The molecule has 11 heteroatoms. The lowest BCUT2D eigenvalue weighted by Crippen LogP contribution is -2.27. The number of likely N-dealkylation sites (N-methyl/N-ethyl adjacent to an activating group) is 1. The van der Waals surface area contributed by atoms with E-state index in [1.807, 2.05) is 61.3 Å². The molecule has 0 aliphatic rings. The number of rotatable bonds is 10. The number of nitrogens with zero attached hydrogens (tertiary/aromatic N) is 6. The zero-order valence-electron chi connectivity index (χ0n) is 20.2. The number of ether oxygens (including phenoxy) is 1. The van der Waals surface area contributed by atoms with E-state index in [1.165, 1.54) is 11.4 Å². The summed E-state index contributed by atoms with van der Waals surface area (Å²) >= 11 is 0. The average Bonchev–Trinajstić information content (AvgIpc) is 3.20. The molecule has 3 heterocycles. The quantitative estimate of drug-likeness (QED) is 0.358. The summed E-state index contributed by atoms with van der Waals surface area (Å²) in [6, 6.07) is 13.2. The number of sulfonamides is 1. The summed E-state index contributed by atoms with van der Waals surface area (Å²) in [4.78, 5) is 15.5. The fourth-order valence-corrected chi connectivity index (χ4v) is 3.95. The maximum Gasteiger partial charge on any atom is 0.233 e. The Kier molecular flexibility index (Phi) is 7.17. The van der Waals surface area contributed by atoms with E-state index in [0.29, 0.717) is 24.9 Å². The van der Waals surface area contributed by atoms with Crippen LogP contribution in [-0.2, 0) is 16.6 Å². The van der Waals surface area contributed by atoms with Gasteiger partial charge in [-0.05, 0) is 38.4 Å². The molecule has 3 aromatic heterocycles. The molecule has 0 atom stereocenters. The molecule has 0 saturated carbocycles. The highest BCUT2D eigenvalue weighted by molar-refractivity contribution is 7.92. The Balaban J connectivity index is 1.56. The van der Waals surface area contributed by atoms with Gasteiger partial charge in [0.25, 0.3) is 0 Å². The van der Waals surface area contributed by atoms with Gasteiger partial charge in [0, 0.05) is 54.9 Å². The highest BCUT2D eigenvalue weighted by Crippen LogP contribution is 2.24. The highest BCUT2D eigenvalue weighted by Gasteiger charge is 2.18. The van der Waals surface area contributed by atoms with Gasteiger partial charge in [-0.1, -0.05) is 12.1 Å². The zero-order chi connectivity index (χ0) is 25.0. The van der Waals surface area contributed by atoms with Crippen molar-refractivity contribution in [2.45, 2.75) is 6.54 Å². The molecule has 0 aliphatic carbocycles. The molecule has 4 rings (SSSR count). The number of aromatic nitrogens is 4. The Morgan fingerprint density at radius 3 is 2.69 bits per heavy atom. The molecule has 0 radical (unpaired) electrons. The van der Waals surface area contributed by atoms with Gasteiger partial charge in [-0.2, -0.15) is 4.98 Å². The van der Waals surface area contributed by atoms with Gasteiger partial charge in [-0.3, -0.25) is 4.31 Å². The van der Waals surface area contributed by atoms with Crippen molar-refractivity contribution in [1.82, 2.24) is 24.4 Å². The SMILES string of the molecule is CN(C)CCOc1cccc(Nc2ncc3ccn(Cc4cccnc4N(C)S(C)(=O)=O)c3n2)c1. The van der Waals surface area contributed by atoms with Crippen LogP contribution in [0.4, 0.5) is 17.5 Å². The number of benzene rings is 1. The van der Waals surface area contributed by atoms with E-state index in [2.05, 4.69) is 20.2 Å². The van der Waals surface area contributed by atoms with E-state index < -0.39 is 10.0 Å². The summed E-state index contributed by atoms with van der Waals surface area (Å²) in [6.45, 7) is 1.82. The fraction of sp³-hybridized carbons (Fsp3) is 0.292. The van der Waals surface area contributed by atoms with Gasteiger partial charge in [0.15, 0.2) is 0 Å². The molecule has 35 heavy (non-hydrogen) atoms. The number of pyridine rings is 1. The number of anilines is 3. The van der Waals surface area contributed by atoms with Crippen LogP contribution in [0.25, 0.3) is 11.0 Å². The number of fused-ring (bicyclic) bond motifs is 1. The summed E-state index contributed by atoms with van der Waals surface area (Å²) < 4.78 is 33.1. The Hall–Kier alpha value is -3.70. The van der Waals surface area contributed by atoms with Crippen molar-refractivity contribution in [3.05, 3.63) is 66.6 Å². The maximum atomic E-state index is 12.1. The molecule has 0 spiro atoms. The van der Waals surface area contributed by atoms with Crippen LogP contribution in [-0.4, -0.2) is 73.4 Å². The van der Waals surface area contributed by atoms with Crippen LogP contribution < -0.4 is 14.4 Å². The summed E-state index contributed by atoms with van der Waals surface area (Å²) in [5.41, 5.74) is 2.29. The Morgan fingerprint density at radius 1 is 1.09 bits per heavy atom. The predicted molar refractivity (Wildman–Crippen MR) is 138 cm³/mol. The Morgan fingerprint density at radius 2 is 1.91 bits per heavy atom. The molecule has 184 valence electrons. The first-order chi connectivity index (χ1) is 16.7. The van der Waals surface area contributed by atoms with E-state index in [9.17, 15) is 8.42 Å². The van der Waals surface area contributed by atoms with Gasteiger partial charge in [-0.25, -0.2) is 18.4 Å². The summed E-state index contributed by atoms with van der Waals surface area (Å²) in [6.07, 6.45) is 6.39. The highest BCUT2D eigenvalue weighted by atomic mass is 32.2. The first-order valence-corrected chi connectivity index (χ1v) is 12.9. The molecule has 0 bridgehead atoms. The van der Waals surface area contributed by atoms with Crippen LogP contribution in [0.2, 0.25) is 0 Å². The molecule has 0 saturated heterocycles. The van der Waals surface area contributed by atoms with Crippen molar-refractivity contribution in [2.75, 3.05) is 50.2 Å². The molecule has 1 aromatic carbocycles. The largest absolute Gasteiger partial charge is 0.492 e. The molecular formula is C24H29N7O3S. The molecular weight excluding hydrogens is 466 g/mol. The van der Waals surface area contributed by atoms with E-state index in [0.717, 1.165) is 40.8 Å². The van der Waals surface area contributed by atoms with Crippen molar-refractivity contribution in [3.63, 3.8) is 0 Å². The van der Waals surface area contributed by atoms with E-state index in [-0.39, 0.29) is 0 Å². The lowest BCUT2D eigenvalue weighted by molar-refractivity contribution is 0.261. The van der Waals surface area contributed by atoms with Gasteiger partial charge in [0.1, 0.15) is 23.8 Å². The molecule has 1 N–H and O–H groups in total. The molecule has 0 amide bonds. The molecule has 0 aliphatic heterocycles. The third kappa shape index (κ3) is 6.06. The second-order valence-electron chi connectivity index (χ2n) is 8.44. The third-order valence-corrected chi connectivity index (χ3v) is 6.57. The van der Waals surface area contributed by atoms with Crippen molar-refractivity contribution in [2.24, 2.45) is 0 Å². The minimum absolute atomic E-state index is 0.385. The number of nitrogens with one attached hydrogen (secondary N) is 1. The predicted octanol–water partition coefficient (Wildman–Crippen LogP) is 2.95. The third-order valence-electron chi connectivity index (χ3n) is 5.40. The van der Waals surface area contributed by atoms with Crippen LogP contribution in [0.15, 0.2) is 61.1 Å². The van der Waals surface area contributed by atoms with E-state index in [4.69, 9.17) is 9.72 Å². The van der Waals surface area contributed by atoms with Crippen LogP contribution in [0.5, 0.6) is 5.75 Å². The van der Waals surface area contributed by atoms with Gasteiger partial charge in [0.2, 0.25) is 16.0 Å². The van der Waals surface area contributed by atoms with E-state index in [1.54, 1.807) is 18.5 Å². The first-order valence-electron chi connectivity index (χ1n) is 11.0. The summed E-state index contributed by atoms with van der Waals surface area (Å²) in [5.74, 6) is 1.60. The van der Waals surface area contributed by atoms with Gasteiger partial charge < -0.3 is 19.5 Å². The van der Waals surface area contributed by atoms with Crippen molar-refractivity contribution in [3.8, 4) is 5.75 Å².